The number of hydrogen-bond donors (Lipinski definition) is 0. The van der Waals surface area contributed by atoms with Crippen molar-refractivity contribution in [3.05, 3.63) is 11.9 Å². The number of nitrogens with zero attached hydrogens (tertiary/aromatic N) is 1. The van der Waals surface area contributed by atoms with E-state index in [1.807, 2.05) is 13.8 Å². The van der Waals surface area contributed by atoms with Gasteiger partial charge in [0.2, 0.25) is 5.91 Å². The SMILES string of the molecule is CCN(CC)C(=O)/C=C(\C)F. The maximum atomic E-state index is 12.2. The number of hydrogen-bond acceptors (Lipinski definition) is 1. The molecule has 0 aromatic rings. The van der Waals surface area contributed by atoms with Gasteiger partial charge in [-0.25, -0.2) is 4.39 Å². The van der Waals surface area contributed by atoms with Crippen LogP contribution in [-0.4, -0.2) is 23.9 Å². The molecule has 3 heteroatoms. The van der Waals surface area contributed by atoms with Gasteiger partial charge in [-0.3, -0.25) is 4.79 Å². The lowest BCUT2D eigenvalue weighted by atomic mass is 10.4. The van der Waals surface area contributed by atoms with Gasteiger partial charge in [-0.1, -0.05) is 0 Å². The van der Waals surface area contributed by atoms with Crippen LogP contribution in [0.1, 0.15) is 20.8 Å². The fraction of sp³-hybridized carbons (Fsp3) is 0.625. The number of likely N-dealkylation sites (N-methyl/N-ethyl adjacent to an activating group) is 1. The van der Waals surface area contributed by atoms with Gasteiger partial charge in [-0.2, -0.15) is 0 Å². The monoisotopic (exact) mass is 159 g/mol. The minimum atomic E-state index is -0.443. The summed E-state index contributed by atoms with van der Waals surface area (Å²) in [5.74, 6) is -0.697. The van der Waals surface area contributed by atoms with E-state index in [2.05, 4.69) is 0 Å². The quantitative estimate of drug-likeness (QED) is 0.574. The Hall–Kier alpha value is -0.860. The summed E-state index contributed by atoms with van der Waals surface area (Å²) in [6.45, 7) is 6.24. The molecular formula is C8H14FNO. The van der Waals surface area contributed by atoms with E-state index in [-0.39, 0.29) is 5.91 Å². The van der Waals surface area contributed by atoms with Crippen LogP contribution in [-0.2, 0) is 4.79 Å². The number of amides is 1. The Balaban J connectivity index is 4.11. The molecule has 0 heterocycles. The summed E-state index contributed by atoms with van der Waals surface area (Å²) in [5, 5.41) is 0. The van der Waals surface area contributed by atoms with Gasteiger partial charge in [0.1, 0.15) is 5.83 Å². The second-order valence-corrected chi connectivity index (χ2v) is 2.24. The van der Waals surface area contributed by atoms with Gasteiger partial charge in [0.25, 0.3) is 0 Å². The standard InChI is InChI=1S/C8H14FNO/c1-4-10(5-2)8(11)6-7(3)9/h6H,4-5H2,1-3H3/b7-6+. The fourth-order valence-electron chi connectivity index (χ4n) is 0.797. The first-order chi connectivity index (χ1) is 5.11. The van der Waals surface area contributed by atoms with Crippen molar-refractivity contribution >= 4 is 5.91 Å². The van der Waals surface area contributed by atoms with Crippen LogP contribution < -0.4 is 0 Å². The molecule has 0 aliphatic rings. The highest BCUT2D eigenvalue weighted by Gasteiger charge is 2.05. The molecule has 0 radical (unpaired) electrons. The van der Waals surface area contributed by atoms with Crippen molar-refractivity contribution < 1.29 is 9.18 Å². The summed E-state index contributed by atoms with van der Waals surface area (Å²) >= 11 is 0. The average molecular weight is 159 g/mol. The second kappa shape index (κ2) is 4.88. The Bertz CT molecular complexity index is 157. The molecular weight excluding hydrogens is 145 g/mol. The highest BCUT2D eigenvalue weighted by Crippen LogP contribution is 1.96. The lowest BCUT2D eigenvalue weighted by Gasteiger charge is -2.15. The second-order valence-electron chi connectivity index (χ2n) is 2.24. The zero-order chi connectivity index (χ0) is 8.85. The summed E-state index contributed by atoms with van der Waals surface area (Å²) in [5.41, 5.74) is 0. The molecule has 0 saturated heterocycles. The van der Waals surface area contributed by atoms with E-state index in [0.717, 1.165) is 6.08 Å². The first-order valence-corrected chi connectivity index (χ1v) is 3.74. The van der Waals surface area contributed by atoms with E-state index < -0.39 is 5.83 Å². The molecule has 11 heavy (non-hydrogen) atoms. The third-order valence-electron chi connectivity index (χ3n) is 1.40. The first-order valence-electron chi connectivity index (χ1n) is 3.74. The van der Waals surface area contributed by atoms with Crippen LogP contribution in [0.2, 0.25) is 0 Å². The molecule has 0 unspecified atom stereocenters. The molecule has 1 amide bonds. The van der Waals surface area contributed by atoms with Crippen molar-refractivity contribution in [2.24, 2.45) is 0 Å². The smallest absolute Gasteiger partial charge is 0.249 e. The zero-order valence-electron chi connectivity index (χ0n) is 7.22. The number of allylic oxidation sites excluding steroid dienone is 1. The van der Waals surface area contributed by atoms with Crippen LogP contribution in [0.3, 0.4) is 0 Å². The van der Waals surface area contributed by atoms with Crippen molar-refractivity contribution in [3.63, 3.8) is 0 Å². The summed E-state index contributed by atoms with van der Waals surface area (Å²) < 4.78 is 12.2. The minimum Gasteiger partial charge on any atom is -0.340 e. The Morgan fingerprint density at radius 2 is 1.91 bits per heavy atom. The molecule has 0 aliphatic carbocycles. The van der Waals surface area contributed by atoms with E-state index in [9.17, 15) is 9.18 Å². The predicted molar refractivity (Wildman–Crippen MR) is 42.8 cm³/mol. The van der Waals surface area contributed by atoms with Crippen molar-refractivity contribution in [2.75, 3.05) is 13.1 Å². The molecule has 0 rings (SSSR count). The van der Waals surface area contributed by atoms with Gasteiger partial charge in [0.15, 0.2) is 0 Å². The lowest BCUT2D eigenvalue weighted by Crippen LogP contribution is -2.28. The van der Waals surface area contributed by atoms with Crippen LogP contribution in [0.15, 0.2) is 11.9 Å². The van der Waals surface area contributed by atoms with Gasteiger partial charge >= 0.3 is 0 Å². The van der Waals surface area contributed by atoms with E-state index in [4.69, 9.17) is 0 Å². The summed E-state index contributed by atoms with van der Waals surface area (Å²) in [4.78, 5) is 12.6. The number of carbonyl (C=O) groups is 1. The molecule has 0 aromatic carbocycles. The molecule has 0 fully saturated rings. The van der Waals surface area contributed by atoms with Crippen molar-refractivity contribution in [1.29, 1.82) is 0 Å². The van der Waals surface area contributed by atoms with E-state index >= 15 is 0 Å². The van der Waals surface area contributed by atoms with E-state index in [0.29, 0.717) is 13.1 Å². The van der Waals surface area contributed by atoms with Gasteiger partial charge in [0.05, 0.1) is 0 Å². The largest absolute Gasteiger partial charge is 0.340 e. The zero-order valence-corrected chi connectivity index (χ0v) is 7.22. The van der Waals surface area contributed by atoms with Crippen LogP contribution in [0.25, 0.3) is 0 Å². The average Bonchev–Trinajstić information content (AvgIpc) is 1.88. The molecule has 0 atom stereocenters. The van der Waals surface area contributed by atoms with Crippen LogP contribution in [0.5, 0.6) is 0 Å². The molecule has 0 saturated carbocycles. The molecule has 0 spiro atoms. The molecule has 0 N–H and O–H groups in total. The Morgan fingerprint density at radius 1 is 1.45 bits per heavy atom. The van der Waals surface area contributed by atoms with E-state index in [1.54, 1.807) is 4.90 Å². The van der Waals surface area contributed by atoms with Crippen molar-refractivity contribution in [1.82, 2.24) is 4.90 Å². The third kappa shape index (κ3) is 3.75. The Morgan fingerprint density at radius 3 is 2.18 bits per heavy atom. The fourth-order valence-corrected chi connectivity index (χ4v) is 0.797. The topological polar surface area (TPSA) is 20.3 Å². The Kier molecular flexibility index (Phi) is 4.50. The van der Waals surface area contributed by atoms with Gasteiger partial charge in [0, 0.05) is 19.2 Å². The van der Waals surface area contributed by atoms with Crippen LogP contribution in [0.4, 0.5) is 4.39 Å². The minimum absolute atomic E-state index is 0.255. The van der Waals surface area contributed by atoms with E-state index in [1.165, 1.54) is 6.92 Å². The lowest BCUT2D eigenvalue weighted by molar-refractivity contribution is -0.125. The molecule has 2 nitrogen and oxygen atoms in total. The maximum Gasteiger partial charge on any atom is 0.249 e. The Labute approximate surface area is 66.7 Å². The number of rotatable bonds is 3. The highest BCUT2D eigenvalue weighted by molar-refractivity contribution is 5.87. The van der Waals surface area contributed by atoms with Gasteiger partial charge < -0.3 is 4.90 Å². The summed E-state index contributed by atoms with van der Waals surface area (Å²) in [6, 6.07) is 0. The molecule has 64 valence electrons. The number of halogens is 1. The van der Waals surface area contributed by atoms with Crippen molar-refractivity contribution in [3.8, 4) is 0 Å². The normalized spacial score (nSPS) is 11.5. The highest BCUT2D eigenvalue weighted by atomic mass is 19.1. The third-order valence-corrected chi connectivity index (χ3v) is 1.40. The van der Waals surface area contributed by atoms with Crippen molar-refractivity contribution in [2.45, 2.75) is 20.8 Å². The van der Waals surface area contributed by atoms with Gasteiger partial charge in [-0.05, 0) is 20.8 Å². The predicted octanol–water partition coefficient (Wildman–Crippen LogP) is 1.73. The molecule has 0 aliphatic heterocycles. The molecule has 0 aromatic heterocycles. The summed E-state index contributed by atoms with van der Waals surface area (Å²) in [7, 11) is 0. The van der Waals surface area contributed by atoms with Gasteiger partial charge in [-0.15, -0.1) is 0 Å². The first kappa shape index (κ1) is 10.1. The maximum absolute atomic E-state index is 12.2. The van der Waals surface area contributed by atoms with Crippen LogP contribution >= 0.6 is 0 Å². The number of carbonyl (C=O) groups excluding carboxylic acids is 1. The molecule has 0 bridgehead atoms. The van der Waals surface area contributed by atoms with Crippen LogP contribution in [0, 0.1) is 0 Å². The summed E-state index contributed by atoms with van der Waals surface area (Å²) in [6.07, 6.45) is 1.01.